The van der Waals surface area contributed by atoms with Crippen molar-refractivity contribution in [2.75, 3.05) is 26.2 Å². The van der Waals surface area contributed by atoms with Crippen LogP contribution in [0.3, 0.4) is 0 Å². The minimum Gasteiger partial charge on any atom is -0.207 e. The molecule has 36 heavy (non-hydrogen) atoms. The quantitative estimate of drug-likeness (QED) is 0.543. The lowest BCUT2D eigenvalue weighted by molar-refractivity contribution is 0.454. The van der Waals surface area contributed by atoms with E-state index in [1.54, 1.807) is 32.9 Å². The third kappa shape index (κ3) is 4.49. The SMILES string of the molecule is C/C1=C2\CN(S(=O)(=O)c3ccc(C)cc3)CC2C/C(C)=C2/CN(S(=O)(=O)c3ccc(C)cc3)CC2C1. The van der Waals surface area contributed by atoms with Crippen molar-refractivity contribution < 1.29 is 16.8 Å². The summed E-state index contributed by atoms with van der Waals surface area (Å²) < 4.78 is 56.7. The molecular weight excluding hydrogens is 492 g/mol. The van der Waals surface area contributed by atoms with E-state index in [1.165, 1.54) is 22.3 Å². The van der Waals surface area contributed by atoms with Crippen molar-refractivity contribution in [1.82, 2.24) is 8.61 Å². The molecule has 0 saturated carbocycles. The number of benzene rings is 2. The molecule has 2 saturated heterocycles. The van der Waals surface area contributed by atoms with Gasteiger partial charge in [-0.05, 0) is 76.6 Å². The summed E-state index contributed by atoms with van der Waals surface area (Å²) in [6.45, 7) is 9.83. The molecule has 5 rings (SSSR count). The number of rotatable bonds is 4. The van der Waals surface area contributed by atoms with Crippen LogP contribution in [0.1, 0.15) is 37.8 Å². The first-order valence-corrected chi connectivity index (χ1v) is 15.4. The summed E-state index contributed by atoms with van der Waals surface area (Å²) in [4.78, 5) is 0.675. The van der Waals surface area contributed by atoms with Gasteiger partial charge in [-0.15, -0.1) is 0 Å². The van der Waals surface area contributed by atoms with Gasteiger partial charge in [0, 0.05) is 26.2 Å². The van der Waals surface area contributed by atoms with Crippen LogP contribution in [-0.4, -0.2) is 51.6 Å². The second-order valence-corrected chi connectivity index (χ2v) is 14.5. The van der Waals surface area contributed by atoms with Gasteiger partial charge in [-0.25, -0.2) is 16.8 Å². The first kappa shape index (κ1) is 25.4. The number of fused-ring (bicyclic) bond motifs is 2. The molecule has 0 amide bonds. The molecule has 6 nitrogen and oxygen atoms in total. The molecule has 2 aromatic carbocycles. The molecule has 192 valence electrons. The van der Waals surface area contributed by atoms with E-state index >= 15 is 0 Å². The van der Waals surface area contributed by atoms with Crippen LogP contribution in [0, 0.1) is 25.7 Å². The van der Waals surface area contributed by atoms with Crippen LogP contribution in [0.5, 0.6) is 0 Å². The molecular formula is C28H34N2O4S2. The number of allylic oxidation sites excluding steroid dienone is 2. The average molecular weight is 527 g/mol. The average Bonchev–Trinajstić information content (AvgIpc) is 3.44. The van der Waals surface area contributed by atoms with Crippen molar-refractivity contribution in [3.8, 4) is 0 Å². The highest BCUT2D eigenvalue weighted by molar-refractivity contribution is 7.89. The second kappa shape index (κ2) is 9.24. The maximum atomic E-state index is 13.4. The summed E-state index contributed by atoms with van der Waals surface area (Å²) in [5, 5.41) is 0. The van der Waals surface area contributed by atoms with Gasteiger partial charge in [0.05, 0.1) is 9.79 Å². The minimum absolute atomic E-state index is 0.126. The topological polar surface area (TPSA) is 74.8 Å². The van der Waals surface area contributed by atoms with Crippen molar-refractivity contribution in [1.29, 1.82) is 0 Å². The summed E-state index contributed by atoms with van der Waals surface area (Å²) in [5.41, 5.74) is 6.86. The van der Waals surface area contributed by atoms with Gasteiger partial charge in [0.2, 0.25) is 20.0 Å². The van der Waals surface area contributed by atoms with E-state index in [0.717, 1.165) is 24.0 Å². The van der Waals surface area contributed by atoms with Gasteiger partial charge in [-0.1, -0.05) is 57.7 Å². The fourth-order valence-electron chi connectivity index (χ4n) is 5.91. The van der Waals surface area contributed by atoms with E-state index in [2.05, 4.69) is 13.8 Å². The zero-order valence-electron chi connectivity index (χ0n) is 21.4. The fourth-order valence-corrected chi connectivity index (χ4v) is 8.83. The maximum absolute atomic E-state index is 13.4. The lowest BCUT2D eigenvalue weighted by Crippen LogP contribution is -2.29. The lowest BCUT2D eigenvalue weighted by Gasteiger charge is -2.23. The van der Waals surface area contributed by atoms with Gasteiger partial charge < -0.3 is 0 Å². The molecule has 0 N–H and O–H groups in total. The number of sulfonamides is 2. The molecule has 8 heteroatoms. The highest BCUT2D eigenvalue weighted by atomic mass is 32.2. The third-order valence-corrected chi connectivity index (χ3v) is 11.7. The Bertz CT molecular complexity index is 1340. The molecule has 0 spiro atoms. The first-order valence-electron chi connectivity index (χ1n) is 12.5. The van der Waals surface area contributed by atoms with Crippen LogP contribution in [0.4, 0.5) is 0 Å². The van der Waals surface area contributed by atoms with Crippen LogP contribution < -0.4 is 0 Å². The Labute approximate surface area is 215 Å². The van der Waals surface area contributed by atoms with E-state index < -0.39 is 20.0 Å². The van der Waals surface area contributed by atoms with Crippen LogP contribution in [0.2, 0.25) is 0 Å². The highest BCUT2D eigenvalue weighted by Crippen LogP contribution is 2.42. The molecule has 2 unspecified atom stereocenters. The van der Waals surface area contributed by atoms with Crippen molar-refractivity contribution in [2.45, 2.75) is 50.3 Å². The third-order valence-electron chi connectivity index (χ3n) is 8.05. The number of nitrogens with zero attached hydrogens (tertiary/aromatic N) is 2. The predicted molar refractivity (Wildman–Crippen MR) is 141 cm³/mol. The predicted octanol–water partition coefficient (Wildman–Crippen LogP) is 4.67. The molecule has 1 aliphatic carbocycles. The number of hydrogen-bond donors (Lipinski definition) is 0. The monoisotopic (exact) mass is 526 g/mol. The number of hydrogen-bond acceptors (Lipinski definition) is 4. The lowest BCUT2D eigenvalue weighted by atomic mass is 9.81. The standard InChI is InChI=1S/C28H34N2O4S2/c1-19-5-9-25(10-6-19)35(31,32)29-15-23-13-22(4)28-18-30(16-24(28)14-21(3)27(23)17-29)36(33,34)26-11-7-20(2)8-12-26/h5-12,23-24H,13-18H2,1-4H3/b27-21-,28-22-. The molecule has 3 aliphatic rings. The Morgan fingerprint density at radius 2 is 0.917 bits per heavy atom. The normalized spacial score (nSPS) is 28.0. The van der Waals surface area contributed by atoms with Crippen LogP contribution in [0.15, 0.2) is 80.6 Å². The van der Waals surface area contributed by atoms with Crippen LogP contribution >= 0.6 is 0 Å². The van der Waals surface area contributed by atoms with Gasteiger partial charge in [0.15, 0.2) is 0 Å². The second-order valence-electron chi connectivity index (χ2n) is 10.6. The fraction of sp³-hybridized carbons (Fsp3) is 0.429. The van der Waals surface area contributed by atoms with Gasteiger partial charge in [-0.3, -0.25) is 0 Å². The molecule has 0 radical (unpaired) electrons. The molecule has 2 heterocycles. The van der Waals surface area contributed by atoms with E-state index in [9.17, 15) is 16.8 Å². The molecule has 0 bridgehead atoms. The Balaban J connectivity index is 1.40. The Morgan fingerprint density at radius 1 is 0.583 bits per heavy atom. The smallest absolute Gasteiger partial charge is 0.207 e. The van der Waals surface area contributed by atoms with Gasteiger partial charge in [0.1, 0.15) is 0 Å². The van der Waals surface area contributed by atoms with Gasteiger partial charge >= 0.3 is 0 Å². The van der Waals surface area contributed by atoms with E-state index in [0.29, 0.717) is 36.0 Å². The Kier molecular flexibility index (Phi) is 6.52. The zero-order chi connectivity index (χ0) is 25.8. The summed E-state index contributed by atoms with van der Waals surface area (Å²) in [5.74, 6) is 0.253. The minimum atomic E-state index is -3.56. The van der Waals surface area contributed by atoms with E-state index in [1.807, 2.05) is 38.1 Å². The largest absolute Gasteiger partial charge is 0.243 e. The van der Waals surface area contributed by atoms with Gasteiger partial charge in [-0.2, -0.15) is 8.61 Å². The summed E-state index contributed by atoms with van der Waals surface area (Å²) in [7, 11) is -7.13. The Morgan fingerprint density at radius 3 is 1.25 bits per heavy atom. The van der Waals surface area contributed by atoms with E-state index in [-0.39, 0.29) is 11.8 Å². The van der Waals surface area contributed by atoms with Crippen molar-refractivity contribution in [3.05, 3.63) is 82.0 Å². The summed E-state index contributed by atoms with van der Waals surface area (Å²) in [6.07, 6.45) is 1.52. The van der Waals surface area contributed by atoms with Crippen LogP contribution in [0.25, 0.3) is 0 Å². The van der Waals surface area contributed by atoms with Crippen molar-refractivity contribution >= 4 is 20.0 Å². The van der Waals surface area contributed by atoms with Crippen LogP contribution in [-0.2, 0) is 20.0 Å². The van der Waals surface area contributed by atoms with Gasteiger partial charge in [0.25, 0.3) is 0 Å². The molecule has 2 atom stereocenters. The molecule has 2 aliphatic heterocycles. The summed E-state index contributed by atoms with van der Waals surface area (Å²) in [6, 6.07) is 14.1. The molecule has 2 fully saturated rings. The van der Waals surface area contributed by atoms with E-state index in [4.69, 9.17) is 0 Å². The van der Waals surface area contributed by atoms with Crippen molar-refractivity contribution in [3.63, 3.8) is 0 Å². The first-order chi connectivity index (χ1) is 17.0. The highest BCUT2D eigenvalue weighted by Gasteiger charge is 2.41. The zero-order valence-corrected chi connectivity index (χ0v) is 23.0. The Hall–Kier alpha value is -2.26. The molecule has 2 aromatic rings. The summed E-state index contributed by atoms with van der Waals surface area (Å²) >= 11 is 0. The van der Waals surface area contributed by atoms with Crippen molar-refractivity contribution in [2.24, 2.45) is 11.8 Å². The number of aryl methyl sites for hydroxylation is 2. The maximum Gasteiger partial charge on any atom is 0.243 e. The molecule has 0 aromatic heterocycles.